The van der Waals surface area contributed by atoms with Crippen LogP contribution in [0.5, 0.6) is 0 Å². The average molecular weight is 399 g/mol. The predicted octanol–water partition coefficient (Wildman–Crippen LogP) is 4.33. The summed E-state index contributed by atoms with van der Waals surface area (Å²) in [5.74, 6) is -0.365. The van der Waals surface area contributed by atoms with Crippen molar-refractivity contribution in [3.05, 3.63) is 0 Å². The molecule has 0 aliphatic carbocycles. The van der Waals surface area contributed by atoms with Crippen LogP contribution in [0.2, 0.25) is 0 Å². The third kappa shape index (κ3) is 9.87. The smallest absolute Gasteiger partial charge is 0.306 e. The van der Waals surface area contributed by atoms with E-state index in [0.29, 0.717) is 37.9 Å². The van der Waals surface area contributed by atoms with Crippen molar-refractivity contribution in [2.45, 2.75) is 115 Å². The molecular weight excluding hydrogens is 360 g/mol. The summed E-state index contributed by atoms with van der Waals surface area (Å²) in [5, 5.41) is 0. The minimum absolute atomic E-state index is 0.0774. The van der Waals surface area contributed by atoms with Crippen LogP contribution in [0.4, 0.5) is 0 Å². The molecule has 0 saturated carbocycles. The van der Waals surface area contributed by atoms with Crippen molar-refractivity contribution in [1.29, 1.82) is 0 Å². The van der Waals surface area contributed by atoms with Gasteiger partial charge in [-0.1, -0.05) is 0 Å². The van der Waals surface area contributed by atoms with Crippen molar-refractivity contribution in [1.82, 2.24) is 0 Å². The highest BCUT2D eigenvalue weighted by Crippen LogP contribution is 2.20. The highest BCUT2D eigenvalue weighted by Gasteiger charge is 2.19. The first-order valence-electron chi connectivity index (χ1n) is 11.1. The molecule has 0 spiro atoms. The van der Waals surface area contributed by atoms with E-state index >= 15 is 0 Å². The average Bonchev–Trinajstić information content (AvgIpc) is 3.35. The van der Waals surface area contributed by atoms with Crippen LogP contribution in [0.3, 0.4) is 0 Å². The lowest BCUT2D eigenvalue weighted by Gasteiger charge is -2.16. The molecule has 0 aromatic heterocycles. The van der Waals surface area contributed by atoms with E-state index in [1.165, 1.54) is 0 Å². The molecule has 0 aromatic rings. The lowest BCUT2D eigenvalue weighted by molar-refractivity contribution is -0.151. The number of esters is 2. The zero-order chi connectivity index (χ0) is 20.2. The van der Waals surface area contributed by atoms with Crippen LogP contribution in [-0.4, -0.2) is 49.6 Å². The Kier molecular flexibility index (Phi) is 10.9. The summed E-state index contributed by atoms with van der Waals surface area (Å²) in [6, 6.07) is 0. The van der Waals surface area contributed by atoms with E-state index in [1.54, 1.807) is 0 Å². The molecule has 2 rings (SSSR count). The van der Waals surface area contributed by atoms with Gasteiger partial charge in [-0.3, -0.25) is 9.59 Å². The molecular formula is C22H38O6. The molecule has 4 atom stereocenters. The Balaban J connectivity index is 1.44. The van der Waals surface area contributed by atoms with Gasteiger partial charge in [0.2, 0.25) is 0 Å². The molecule has 162 valence electrons. The number of carbonyl (C=O) groups excluding carboxylic acids is 2. The van der Waals surface area contributed by atoms with E-state index in [2.05, 4.69) is 0 Å². The molecule has 0 radical (unpaired) electrons. The van der Waals surface area contributed by atoms with E-state index < -0.39 is 0 Å². The molecule has 0 bridgehead atoms. The molecule has 2 aliphatic heterocycles. The largest absolute Gasteiger partial charge is 0.463 e. The fraction of sp³-hybridized carbons (Fsp3) is 0.909. The minimum Gasteiger partial charge on any atom is -0.463 e. The molecule has 0 aromatic carbocycles. The zero-order valence-corrected chi connectivity index (χ0v) is 17.7. The molecule has 28 heavy (non-hydrogen) atoms. The van der Waals surface area contributed by atoms with E-state index in [9.17, 15) is 9.59 Å². The van der Waals surface area contributed by atoms with Crippen LogP contribution in [-0.2, 0) is 28.5 Å². The lowest BCUT2D eigenvalue weighted by Crippen LogP contribution is -2.18. The van der Waals surface area contributed by atoms with Gasteiger partial charge in [0.25, 0.3) is 0 Å². The second-order valence-electron chi connectivity index (χ2n) is 8.23. The van der Waals surface area contributed by atoms with Gasteiger partial charge in [0, 0.05) is 26.1 Å². The molecule has 2 fully saturated rings. The quantitative estimate of drug-likeness (QED) is 0.340. The Bertz CT molecular complexity index is 412. The van der Waals surface area contributed by atoms with Gasteiger partial charge in [0.1, 0.15) is 0 Å². The van der Waals surface area contributed by atoms with Crippen molar-refractivity contribution in [3.8, 4) is 0 Å². The Morgan fingerprint density at radius 3 is 1.61 bits per heavy atom. The van der Waals surface area contributed by atoms with E-state index in [-0.39, 0.29) is 24.1 Å². The molecule has 2 heterocycles. The molecule has 2 saturated heterocycles. The van der Waals surface area contributed by atoms with Gasteiger partial charge in [-0.2, -0.15) is 0 Å². The summed E-state index contributed by atoms with van der Waals surface area (Å²) in [5.41, 5.74) is 0. The van der Waals surface area contributed by atoms with Crippen LogP contribution in [0.1, 0.15) is 90.9 Å². The van der Waals surface area contributed by atoms with Gasteiger partial charge in [-0.15, -0.1) is 0 Å². The topological polar surface area (TPSA) is 71.1 Å². The van der Waals surface area contributed by atoms with Crippen molar-refractivity contribution in [2.75, 3.05) is 13.2 Å². The summed E-state index contributed by atoms with van der Waals surface area (Å²) in [4.78, 5) is 23.8. The molecule has 6 heteroatoms. The second-order valence-corrected chi connectivity index (χ2v) is 8.23. The fourth-order valence-electron chi connectivity index (χ4n) is 3.81. The lowest BCUT2D eigenvalue weighted by atomic mass is 10.1. The van der Waals surface area contributed by atoms with Crippen LogP contribution in [0.15, 0.2) is 0 Å². The Labute approximate surface area is 169 Å². The summed E-state index contributed by atoms with van der Waals surface area (Å²) in [6.07, 6.45) is 10.6. The number of rotatable bonds is 13. The number of unbranched alkanes of at least 4 members (excludes halogenated alkanes) is 1. The molecule has 0 amide bonds. The van der Waals surface area contributed by atoms with Crippen LogP contribution in [0.25, 0.3) is 0 Å². The number of ether oxygens (including phenoxy) is 4. The maximum atomic E-state index is 11.9. The van der Waals surface area contributed by atoms with Crippen LogP contribution in [0, 0.1) is 0 Å². The van der Waals surface area contributed by atoms with Crippen molar-refractivity contribution < 1.29 is 28.5 Å². The van der Waals surface area contributed by atoms with Crippen LogP contribution < -0.4 is 0 Å². The Hall–Kier alpha value is -1.14. The fourth-order valence-corrected chi connectivity index (χ4v) is 3.81. The summed E-state index contributed by atoms with van der Waals surface area (Å²) >= 11 is 0. The van der Waals surface area contributed by atoms with Crippen molar-refractivity contribution >= 4 is 11.9 Å². The normalized spacial score (nSPS) is 24.1. The highest BCUT2D eigenvalue weighted by molar-refractivity contribution is 5.70. The zero-order valence-electron chi connectivity index (χ0n) is 17.7. The molecule has 6 nitrogen and oxygen atoms in total. The van der Waals surface area contributed by atoms with E-state index in [4.69, 9.17) is 18.9 Å². The third-order valence-electron chi connectivity index (χ3n) is 5.52. The first-order valence-corrected chi connectivity index (χ1v) is 11.1. The Morgan fingerprint density at radius 1 is 0.821 bits per heavy atom. The van der Waals surface area contributed by atoms with Gasteiger partial charge >= 0.3 is 11.9 Å². The number of hydrogen-bond donors (Lipinski definition) is 0. The van der Waals surface area contributed by atoms with Crippen LogP contribution >= 0.6 is 0 Å². The van der Waals surface area contributed by atoms with Gasteiger partial charge in [-0.05, 0) is 78.1 Å². The van der Waals surface area contributed by atoms with Crippen molar-refractivity contribution in [3.63, 3.8) is 0 Å². The second kappa shape index (κ2) is 13.2. The first kappa shape index (κ1) is 23.1. The third-order valence-corrected chi connectivity index (χ3v) is 5.52. The summed E-state index contributed by atoms with van der Waals surface area (Å²) < 4.78 is 22.1. The predicted molar refractivity (Wildman–Crippen MR) is 106 cm³/mol. The van der Waals surface area contributed by atoms with E-state index in [1.807, 2.05) is 13.8 Å². The van der Waals surface area contributed by atoms with Gasteiger partial charge < -0.3 is 18.9 Å². The maximum absolute atomic E-state index is 11.9. The van der Waals surface area contributed by atoms with Gasteiger partial charge in [-0.25, -0.2) is 0 Å². The SMILES string of the molecule is CC(CCC1CCCO1)OC(=O)CCCCC(=O)OC(C)CCC1CCCO1. The Morgan fingerprint density at radius 2 is 1.25 bits per heavy atom. The number of carbonyl (C=O) groups is 2. The summed E-state index contributed by atoms with van der Waals surface area (Å²) in [6.45, 7) is 5.58. The summed E-state index contributed by atoms with van der Waals surface area (Å²) in [7, 11) is 0. The molecule has 2 aliphatic rings. The standard InChI is InChI=1S/C22H38O6/c1-17(11-13-19-7-5-15-25-19)27-21(23)9-3-4-10-22(24)28-18(2)12-14-20-8-6-16-26-20/h17-20H,3-16H2,1-2H3. The first-order chi connectivity index (χ1) is 13.5. The van der Waals surface area contributed by atoms with Gasteiger partial charge in [0.05, 0.1) is 24.4 Å². The molecule has 0 N–H and O–H groups in total. The molecule has 4 unspecified atom stereocenters. The monoisotopic (exact) mass is 398 g/mol. The highest BCUT2D eigenvalue weighted by atomic mass is 16.5. The van der Waals surface area contributed by atoms with Gasteiger partial charge in [0.15, 0.2) is 0 Å². The number of hydrogen-bond acceptors (Lipinski definition) is 6. The maximum Gasteiger partial charge on any atom is 0.306 e. The van der Waals surface area contributed by atoms with E-state index in [0.717, 1.165) is 64.6 Å². The minimum atomic E-state index is -0.182. The van der Waals surface area contributed by atoms with Crippen molar-refractivity contribution in [2.24, 2.45) is 0 Å².